The third-order valence-electron chi connectivity index (χ3n) is 5.65. The number of rotatable bonds is 6. The summed E-state index contributed by atoms with van der Waals surface area (Å²) in [5.41, 5.74) is 3.40. The molecule has 1 aromatic rings. The summed E-state index contributed by atoms with van der Waals surface area (Å²) in [4.78, 5) is 2.60. The zero-order valence-electron chi connectivity index (χ0n) is 14.5. The normalized spacial score (nSPS) is 19.7. The third kappa shape index (κ3) is 4.10. The van der Waals surface area contributed by atoms with Gasteiger partial charge in [-0.3, -0.25) is 0 Å². The molecule has 1 saturated carbocycles. The lowest BCUT2D eigenvalue weighted by atomic mass is 9.65. The zero-order chi connectivity index (χ0) is 15.3. The highest BCUT2D eigenvalue weighted by Gasteiger charge is 2.36. The SMILES string of the molecule is CCN(CC)CC(c1ccc(C)cc1)C1(C)CCCCC1. The molecule has 0 aromatic heterocycles. The molecule has 0 amide bonds. The topological polar surface area (TPSA) is 3.24 Å². The first kappa shape index (κ1) is 16.5. The summed E-state index contributed by atoms with van der Waals surface area (Å²) in [7, 11) is 0. The van der Waals surface area contributed by atoms with Gasteiger partial charge >= 0.3 is 0 Å². The molecule has 118 valence electrons. The van der Waals surface area contributed by atoms with Crippen LogP contribution in [0, 0.1) is 12.3 Å². The standard InChI is InChI=1S/C20H33N/c1-5-21(6-2)16-19(18-12-10-17(3)11-13-18)20(4)14-8-7-9-15-20/h10-13,19H,5-9,14-16H2,1-4H3. The predicted molar refractivity (Wildman–Crippen MR) is 92.9 cm³/mol. The number of nitrogens with zero attached hydrogens (tertiary/aromatic N) is 1. The van der Waals surface area contributed by atoms with Gasteiger partial charge in [0.2, 0.25) is 0 Å². The van der Waals surface area contributed by atoms with Crippen molar-refractivity contribution in [1.82, 2.24) is 4.90 Å². The number of benzene rings is 1. The molecule has 0 N–H and O–H groups in total. The van der Waals surface area contributed by atoms with Gasteiger partial charge in [0.25, 0.3) is 0 Å². The first-order chi connectivity index (χ1) is 10.1. The van der Waals surface area contributed by atoms with Crippen molar-refractivity contribution in [3.63, 3.8) is 0 Å². The van der Waals surface area contributed by atoms with Gasteiger partial charge in [0, 0.05) is 12.5 Å². The van der Waals surface area contributed by atoms with Crippen LogP contribution in [0.25, 0.3) is 0 Å². The first-order valence-corrected chi connectivity index (χ1v) is 8.88. The molecule has 1 aromatic carbocycles. The predicted octanol–water partition coefficient (Wildman–Crippen LogP) is 5.39. The van der Waals surface area contributed by atoms with Crippen molar-refractivity contribution in [3.8, 4) is 0 Å². The highest BCUT2D eigenvalue weighted by atomic mass is 15.1. The van der Waals surface area contributed by atoms with Crippen molar-refractivity contribution < 1.29 is 0 Å². The quantitative estimate of drug-likeness (QED) is 0.678. The van der Waals surface area contributed by atoms with Crippen molar-refractivity contribution in [2.75, 3.05) is 19.6 Å². The largest absolute Gasteiger partial charge is 0.303 e. The van der Waals surface area contributed by atoms with E-state index in [2.05, 4.69) is 56.9 Å². The van der Waals surface area contributed by atoms with Crippen LogP contribution in [-0.4, -0.2) is 24.5 Å². The van der Waals surface area contributed by atoms with E-state index in [0.29, 0.717) is 11.3 Å². The Hall–Kier alpha value is -0.820. The van der Waals surface area contributed by atoms with E-state index < -0.39 is 0 Å². The van der Waals surface area contributed by atoms with Crippen molar-refractivity contribution in [1.29, 1.82) is 0 Å². The molecule has 2 rings (SSSR count). The zero-order valence-corrected chi connectivity index (χ0v) is 14.5. The van der Waals surface area contributed by atoms with E-state index in [0.717, 1.165) is 13.1 Å². The summed E-state index contributed by atoms with van der Waals surface area (Å²) in [5, 5.41) is 0. The van der Waals surface area contributed by atoms with Crippen LogP contribution in [-0.2, 0) is 0 Å². The summed E-state index contributed by atoms with van der Waals surface area (Å²) in [6, 6.07) is 9.33. The summed E-state index contributed by atoms with van der Waals surface area (Å²) < 4.78 is 0. The summed E-state index contributed by atoms with van der Waals surface area (Å²) in [5.74, 6) is 0.679. The smallest absolute Gasteiger partial charge is 0.00553 e. The van der Waals surface area contributed by atoms with Crippen LogP contribution in [0.2, 0.25) is 0 Å². The molecule has 1 heteroatoms. The van der Waals surface area contributed by atoms with Crippen molar-refractivity contribution in [2.45, 2.75) is 65.7 Å². The fraction of sp³-hybridized carbons (Fsp3) is 0.700. The summed E-state index contributed by atoms with van der Waals surface area (Å²) in [6.07, 6.45) is 7.05. The van der Waals surface area contributed by atoms with Crippen LogP contribution >= 0.6 is 0 Å². The average molecular weight is 287 g/mol. The lowest BCUT2D eigenvalue weighted by Crippen LogP contribution is -2.37. The van der Waals surface area contributed by atoms with Gasteiger partial charge in [-0.25, -0.2) is 0 Å². The maximum Gasteiger partial charge on any atom is 0.00553 e. The van der Waals surface area contributed by atoms with E-state index >= 15 is 0 Å². The van der Waals surface area contributed by atoms with E-state index in [1.54, 1.807) is 5.56 Å². The van der Waals surface area contributed by atoms with Crippen LogP contribution in [0.4, 0.5) is 0 Å². The van der Waals surface area contributed by atoms with Crippen LogP contribution < -0.4 is 0 Å². The fourth-order valence-electron chi connectivity index (χ4n) is 3.97. The fourth-order valence-corrected chi connectivity index (χ4v) is 3.97. The van der Waals surface area contributed by atoms with Gasteiger partial charge in [-0.05, 0) is 43.8 Å². The first-order valence-electron chi connectivity index (χ1n) is 8.88. The van der Waals surface area contributed by atoms with E-state index in [-0.39, 0.29) is 0 Å². The van der Waals surface area contributed by atoms with E-state index in [9.17, 15) is 0 Å². The molecular formula is C20H33N. The molecule has 0 aliphatic heterocycles. The molecule has 0 heterocycles. The Morgan fingerprint density at radius 1 is 1.00 bits per heavy atom. The Labute approximate surface area is 131 Å². The number of likely N-dealkylation sites (N-methyl/N-ethyl adjacent to an activating group) is 1. The van der Waals surface area contributed by atoms with Gasteiger partial charge in [-0.1, -0.05) is 69.9 Å². The minimum atomic E-state index is 0.482. The van der Waals surface area contributed by atoms with Crippen LogP contribution in [0.5, 0.6) is 0 Å². The Kier molecular flexibility index (Phi) is 5.87. The van der Waals surface area contributed by atoms with Gasteiger partial charge in [0.15, 0.2) is 0 Å². The Morgan fingerprint density at radius 2 is 1.57 bits per heavy atom. The second-order valence-electron chi connectivity index (χ2n) is 7.16. The van der Waals surface area contributed by atoms with E-state index in [4.69, 9.17) is 0 Å². The molecule has 1 aliphatic rings. The molecule has 21 heavy (non-hydrogen) atoms. The van der Waals surface area contributed by atoms with Crippen molar-refractivity contribution in [2.24, 2.45) is 5.41 Å². The van der Waals surface area contributed by atoms with Crippen LogP contribution in [0.1, 0.15) is 69.9 Å². The molecule has 1 fully saturated rings. The van der Waals surface area contributed by atoms with Crippen molar-refractivity contribution in [3.05, 3.63) is 35.4 Å². The molecule has 0 saturated heterocycles. The summed E-state index contributed by atoms with van der Waals surface area (Å²) in [6.45, 7) is 12.8. The number of hydrogen-bond acceptors (Lipinski definition) is 1. The van der Waals surface area contributed by atoms with Gasteiger partial charge in [-0.2, -0.15) is 0 Å². The number of hydrogen-bond donors (Lipinski definition) is 0. The summed E-state index contributed by atoms with van der Waals surface area (Å²) >= 11 is 0. The third-order valence-corrected chi connectivity index (χ3v) is 5.65. The molecule has 1 aliphatic carbocycles. The Morgan fingerprint density at radius 3 is 2.10 bits per heavy atom. The maximum absolute atomic E-state index is 2.60. The van der Waals surface area contributed by atoms with Gasteiger partial charge in [0.1, 0.15) is 0 Å². The molecule has 0 radical (unpaired) electrons. The molecule has 1 nitrogen and oxygen atoms in total. The molecule has 1 atom stereocenters. The molecule has 0 spiro atoms. The average Bonchev–Trinajstić information content (AvgIpc) is 2.50. The molecule has 1 unspecified atom stereocenters. The van der Waals surface area contributed by atoms with E-state index in [1.165, 1.54) is 44.2 Å². The van der Waals surface area contributed by atoms with E-state index in [1.807, 2.05) is 0 Å². The minimum Gasteiger partial charge on any atom is -0.303 e. The highest BCUT2D eigenvalue weighted by molar-refractivity contribution is 5.27. The van der Waals surface area contributed by atoms with Crippen LogP contribution in [0.3, 0.4) is 0 Å². The Bertz CT molecular complexity index is 410. The Balaban J connectivity index is 2.26. The van der Waals surface area contributed by atoms with Gasteiger partial charge in [-0.15, -0.1) is 0 Å². The molecular weight excluding hydrogens is 254 g/mol. The lowest BCUT2D eigenvalue weighted by molar-refractivity contribution is 0.130. The van der Waals surface area contributed by atoms with Crippen LogP contribution in [0.15, 0.2) is 24.3 Å². The maximum atomic E-state index is 2.60. The van der Waals surface area contributed by atoms with Gasteiger partial charge < -0.3 is 4.90 Å². The second-order valence-corrected chi connectivity index (χ2v) is 7.16. The van der Waals surface area contributed by atoms with Gasteiger partial charge in [0.05, 0.1) is 0 Å². The molecule has 0 bridgehead atoms. The minimum absolute atomic E-state index is 0.482. The van der Waals surface area contributed by atoms with Crippen molar-refractivity contribution >= 4 is 0 Å². The highest BCUT2D eigenvalue weighted by Crippen LogP contribution is 2.47. The number of aryl methyl sites for hydroxylation is 1. The monoisotopic (exact) mass is 287 g/mol. The second kappa shape index (κ2) is 7.45. The lowest BCUT2D eigenvalue weighted by Gasteiger charge is -2.43.